The van der Waals surface area contributed by atoms with Gasteiger partial charge in [-0.15, -0.1) is 0 Å². The predicted octanol–water partition coefficient (Wildman–Crippen LogP) is 0.463. The smallest absolute Gasteiger partial charge is 0.228 e. The molecule has 0 aliphatic carbocycles. The van der Waals surface area contributed by atoms with E-state index in [1.165, 1.54) is 0 Å². The molecule has 1 heterocycles. The van der Waals surface area contributed by atoms with Gasteiger partial charge in [0, 0.05) is 38.1 Å². The molecule has 1 rings (SSSR count). The lowest BCUT2D eigenvalue weighted by atomic mass is 9.94. The first-order chi connectivity index (χ1) is 7.30. The first-order valence-corrected chi connectivity index (χ1v) is 6.01. The van der Waals surface area contributed by atoms with Crippen LogP contribution in [0.25, 0.3) is 0 Å². The molecular formula is C11H21N3OS. The first kappa shape index (κ1) is 13.4. The molecule has 92 valence electrons. The van der Waals surface area contributed by atoms with Gasteiger partial charge in [-0.1, -0.05) is 33.0 Å². The van der Waals surface area contributed by atoms with Gasteiger partial charge < -0.3 is 10.6 Å². The average molecular weight is 243 g/mol. The summed E-state index contributed by atoms with van der Waals surface area (Å²) >= 11 is 4.87. The van der Waals surface area contributed by atoms with Gasteiger partial charge in [-0.2, -0.15) is 0 Å². The van der Waals surface area contributed by atoms with E-state index in [4.69, 9.17) is 18.0 Å². The van der Waals surface area contributed by atoms with Crippen LogP contribution in [0.2, 0.25) is 0 Å². The fourth-order valence-electron chi connectivity index (χ4n) is 1.80. The van der Waals surface area contributed by atoms with Crippen molar-refractivity contribution < 1.29 is 4.79 Å². The van der Waals surface area contributed by atoms with E-state index in [2.05, 4.69) is 4.90 Å². The second-order valence-electron chi connectivity index (χ2n) is 5.28. The van der Waals surface area contributed by atoms with E-state index < -0.39 is 0 Å². The highest BCUT2D eigenvalue weighted by atomic mass is 32.1. The number of carbonyl (C=O) groups is 1. The van der Waals surface area contributed by atoms with Gasteiger partial charge in [-0.05, 0) is 0 Å². The maximum absolute atomic E-state index is 12.0. The number of thiocarbonyl (C=S) groups is 1. The van der Waals surface area contributed by atoms with E-state index in [0.717, 1.165) is 26.2 Å². The van der Waals surface area contributed by atoms with Crippen LogP contribution in [0.4, 0.5) is 0 Å². The highest BCUT2D eigenvalue weighted by molar-refractivity contribution is 7.80. The number of hydrogen-bond acceptors (Lipinski definition) is 3. The molecule has 0 aromatic rings. The molecule has 0 unspecified atom stereocenters. The highest BCUT2D eigenvalue weighted by Gasteiger charge is 2.29. The Morgan fingerprint density at radius 2 is 1.75 bits per heavy atom. The molecule has 0 aromatic heterocycles. The average Bonchev–Trinajstić information content (AvgIpc) is 2.15. The molecule has 0 aromatic carbocycles. The standard InChI is InChI=1S/C11H21N3OS/c1-11(2,3)10(15)14-6-4-13(5-7-14)8-9(12)16/h4-8H2,1-3H3,(H2,12,16). The molecule has 0 saturated carbocycles. The van der Waals surface area contributed by atoms with Gasteiger partial charge in [0.05, 0.1) is 4.99 Å². The number of hydrogen-bond donors (Lipinski definition) is 1. The van der Waals surface area contributed by atoms with Crippen LogP contribution in [0.5, 0.6) is 0 Å². The van der Waals surface area contributed by atoms with Crippen molar-refractivity contribution in [2.45, 2.75) is 20.8 Å². The number of amides is 1. The quantitative estimate of drug-likeness (QED) is 0.716. The largest absolute Gasteiger partial charge is 0.392 e. The Balaban J connectivity index is 2.43. The molecule has 1 aliphatic rings. The van der Waals surface area contributed by atoms with Crippen LogP contribution in [-0.4, -0.2) is 53.4 Å². The van der Waals surface area contributed by atoms with Crippen molar-refractivity contribution in [3.05, 3.63) is 0 Å². The summed E-state index contributed by atoms with van der Waals surface area (Å²) in [6, 6.07) is 0. The van der Waals surface area contributed by atoms with Gasteiger partial charge in [0.25, 0.3) is 0 Å². The van der Waals surface area contributed by atoms with Crippen LogP contribution < -0.4 is 5.73 Å². The fraction of sp³-hybridized carbons (Fsp3) is 0.818. The van der Waals surface area contributed by atoms with Crippen molar-refractivity contribution in [1.82, 2.24) is 9.80 Å². The predicted molar refractivity (Wildman–Crippen MR) is 69.3 cm³/mol. The minimum absolute atomic E-state index is 0.225. The van der Waals surface area contributed by atoms with Crippen LogP contribution in [0.3, 0.4) is 0 Å². The van der Waals surface area contributed by atoms with Gasteiger partial charge in [0.15, 0.2) is 0 Å². The molecule has 1 aliphatic heterocycles. The molecule has 0 bridgehead atoms. The van der Waals surface area contributed by atoms with Crippen molar-refractivity contribution in [1.29, 1.82) is 0 Å². The van der Waals surface area contributed by atoms with Gasteiger partial charge in [-0.25, -0.2) is 0 Å². The number of nitrogens with zero attached hydrogens (tertiary/aromatic N) is 2. The summed E-state index contributed by atoms with van der Waals surface area (Å²) < 4.78 is 0. The fourth-order valence-corrected chi connectivity index (χ4v) is 1.99. The number of carbonyl (C=O) groups excluding carboxylic acids is 1. The summed E-state index contributed by atoms with van der Waals surface area (Å²) in [5.74, 6) is 0.225. The van der Waals surface area contributed by atoms with E-state index in [1.807, 2.05) is 25.7 Å². The summed E-state index contributed by atoms with van der Waals surface area (Å²) in [6.45, 7) is 9.80. The van der Waals surface area contributed by atoms with Crippen LogP contribution >= 0.6 is 12.2 Å². The highest BCUT2D eigenvalue weighted by Crippen LogP contribution is 2.18. The van der Waals surface area contributed by atoms with E-state index in [9.17, 15) is 4.79 Å². The summed E-state index contributed by atoms with van der Waals surface area (Å²) in [5, 5.41) is 0. The summed E-state index contributed by atoms with van der Waals surface area (Å²) in [7, 11) is 0. The Hall–Kier alpha value is -0.680. The van der Waals surface area contributed by atoms with Crippen molar-refractivity contribution >= 4 is 23.1 Å². The Bertz CT molecular complexity index is 277. The third kappa shape index (κ3) is 3.72. The topological polar surface area (TPSA) is 49.6 Å². The Morgan fingerprint density at radius 1 is 1.25 bits per heavy atom. The van der Waals surface area contributed by atoms with E-state index >= 15 is 0 Å². The molecule has 1 amide bonds. The first-order valence-electron chi connectivity index (χ1n) is 5.61. The van der Waals surface area contributed by atoms with Gasteiger partial charge in [0.2, 0.25) is 5.91 Å². The summed E-state index contributed by atoms with van der Waals surface area (Å²) in [6.07, 6.45) is 0. The zero-order chi connectivity index (χ0) is 12.3. The normalized spacial score (nSPS) is 18.6. The zero-order valence-electron chi connectivity index (χ0n) is 10.3. The van der Waals surface area contributed by atoms with Crippen LogP contribution in [0.1, 0.15) is 20.8 Å². The number of nitrogens with two attached hydrogens (primary N) is 1. The van der Waals surface area contributed by atoms with Gasteiger partial charge >= 0.3 is 0 Å². The van der Waals surface area contributed by atoms with Gasteiger partial charge in [0.1, 0.15) is 0 Å². The van der Waals surface area contributed by atoms with Crippen LogP contribution in [-0.2, 0) is 4.79 Å². The van der Waals surface area contributed by atoms with Crippen LogP contribution in [0, 0.1) is 5.41 Å². The third-order valence-corrected chi connectivity index (χ3v) is 2.81. The third-order valence-electron chi connectivity index (χ3n) is 2.68. The number of rotatable bonds is 2. The van der Waals surface area contributed by atoms with E-state index in [1.54, 1.807) is 0 Å². The lowest BCUT2D eigenvalue weighted by Gasteiger charge is -2.37. The maximum atomic E-state index is 12.0. The Morgan fingerprint density at radius 3 is 2.12 bits per heavy atom. The maximum Gasteiger partial charge on any atom is 0.228 e. The summed E-state index contributed by atoms with van der Waals surface area (Å²) in [5.41, 5.74) is 5.21. The van der Waals surface area contributed by atoms with Crippen molar-refractivity contribution in [3.8, 4) is 0 Å². The minimum Gasteiger partial charge on any atom is -0.392 e. The van der Waals surface area contributed by atoms with Crippen molar-refractivity contribution in [3.63, 3.8) is 0 Å². The molecule has 5 heteroatoms. The zero-order valence-corrected chi connectivity index (χ0v) is 11.1. The molecule has 1 saturated heterocycles. The lowest BCUT2D eigenvalue weighted by Crippen LogP contribution is -2.52. The number of piperazine rings is 1. The van der Waals surface area contributed by atoms with Crippen molar-refractivity contribution in [2.24, 2.45) is 11.1 Å². The second kappa shape index (κ2) is 5.10. The van der Waals surface area contributed by atoms with Crippen LogP contribution in [0.15, 0.2) is 0 Å². The van der Waals surface area contributed by atoms with E-state index in [-0.39, 0.29) is 11.3 Å². The van der Waals surface area contributed by atoms with Crippen molar-refractivity contribution in [2.75, 3.05) is 32.7 Å². The molecule has 1 fully saturated rings. The lowest BCUT2D eigenvalue weighted by molar-refractivity contribution is -0.141. The molecule has 16 heavy (non-hydrogen) atoms. The molecule has 4 nitrogen and oxygen atoms in total. The van der Waals surface area contributed by atoms with Gasteiger partial charge in [-0.3, -0.25) is 9.69 Å². The monoisotopic (exact) mass is 243 g/mol. The molecule has 0 radical (unpaired) electrons. The molecular weight excluding hydrogens is 222 g/mol. The molecule has 0 atom stereocenters. The SMILES string of the molecule is CC(C)(C)C(=O)N1CCN(CC(N)=S)CC1. The minimum atomic E-state index is -0.286. The Labute approximate surface area is 103 Å². The second-order valence-corrected chi connectivity index (χ2v) is 5.81. The Kier molecular flexibility index (Phi) is 4.27. The molecule has 0 spiro atoms. The van der Waals surface area contributed by atoms with E-state index in [0.29, 0.717) is 11.5 Å². The molecule has 2 N–H and O–H groups in total. The summed E-state index contributed by atoms with van der Waals surface area (Å²) in [4.78, 5) is 16.6.